The van der Waals surface area contributed by atoms with Crippen LogP contribution in [-0.2, 0) is 20.0 Å². The molecule has 0 saturated carbocycles. The molecule has 0 radical (unpaired) electrons. The fraction of sp³-hybridized carbons (Fsp3) is 0.412. The number of rotatable bonds is 1. The molecular weight excluding hydrogens is 268 g/mol. The van der Waals surface area contributed by atoms with Crippen molar-refractivity contribution in [2.45, 2.75) is 19.1 Å². The number of ether oxygens (including phenoxy) is 4. The summed E-state index contributed by atoms with van der Waals surface area (Å²) in [5.41, 5.74) is 1.87. The van der Waals surface area contributed by atoms with E-state index in [4.69, 9.17) is 18.9 Å². The molecule has 21 heavy (non-hydrogen) atoms. The average molecular weight is 286 g/mol. The second-order valence-corrected chi connectivity index (χ2v) is 5.61. The summed E-state index contributed by atoms with van der Waals surface area (Å²) in [4.78, 5) is 0. The summed E-state index contributed by atoms with van der Waals surface area (Å²) < 4.78 is 23.7. The number of methoxy groups -OCH3 is 1. The number of hydrogen-bond acceptors (Lipinski definition) is 4. The van der Waals surface area contributed by atoms with Crippen molar-refractivity contribution in [1.82, 2.24) is 0 Å². The van der Waals surface area contributed by atoms with Crippen LogP contribution in [0.15, 0.2) is 47.4 Å². The Balaban J connectivity index is 1.94. The van der Waals surface area contributed by atoms with Gasteiger partial charge in [0.15, 0.2) is 0 Å². The van der Waals surface area contributed by atoms with E-state index in [0.29, 0.717) is 13.2 Å². The first-order valence-electron chi connectivity index (χ1n) is 7.29. The highest BCUT2D eigenvalue weighted by molar-refractivity contribution is 5.52. The minimum Gasteiger partial charge on any atom is -0.501 e. The van der Waals surface area contributed by atoms with Crippen molar-refractivity contribution in [3.05, 3.63) is 53.0 Å². The zero-order valence-corrected chi connectivity index (χ0v) is 12.2. The molecule has 4 nitrogen and oxygen atoms in total. The van der Waals surface area contributed by atoms with E-state index in [1.54, 1.807) is 7.11 Å². The predicted molar refractivity (Wildman–Crippen MR) is 76.6 cm³/mol. The van der Waals surface area contributed by atoms with Gasteiger partial charge >= 0.3 is 0 Å². The first-order valence-corrected chi connectivity index (χ1v) is 7.29. The maximum absolute atomic E-state index is 6.15. The molecule has 1 spiro atoms. The van der Waals surface area contributed by atoms with E-state index in [0.717, 1.165) is 34.8 Å². The zero-order valence-electron chi connectivity index (χ0n) is 12.2. The van der Waals surface area contributed by atoms with Crippen LogP contribution in [0.25, 0.3) is 0 Å². The van der Waals surface area contributed by atoms with Gasteiger partial charge in [-0.1, -0.05) is 19.1 Å². The molecule has 1 aliphatic carbocycles. The Hall–Kier alpha value is -1.78. The van der Waals surface area contributed by atoms with E-state index in [1.165, 1.54) is 0 Å². The third-order valence-electron chi connectivity index (χ3n) is 4.30. The summed E-state index contributed by atoms with van der Waals surface area (Å²) in [6.07, 6.45) is 2.84. The normalized spacial score (nSPS) is 26.0. The van der Waals surface area contributed by atoms with Gasteiger partial charge in [0, 0.05) is 12.3 Å². The van der Waals surface area contributed by atoms with Crippen molar-refractivity contribution in [2.75, 3.05) is 20.3 Å². The maximum atomic E-state index is 6.15. The second kappa shape index (κ2) is 4.61. The van der Waals surface area contributed by atoms with E-state index < -0.39 is 5.79 Å². The Labute approximate surface area is 124 Å². The first kappa shape index (κ1) is 12.9. The molecule has 1 unspecified atom stereocenters. The van der Waals surface area contributed by atoms with E-state index in [9.17, 15) is 0 Å². The molecule has 2 heterocycles. The molecular formula is C17H18O4. The molecule has 2 aliphatic heterocycles. The lowest BCUT2D eigenvalue weighted by Gasteiger charge is -2.39. The molecule has 1 atom stereocenters. The lowest BCUT2D eigenvalue weighted by Crippen LogP contribution is -2.37. The topological polar surface area (TPSA) is 36.9 Å². The predicted octanol–water partition coefficient (Wildman–Crippen LogP) is 3.10. The van der Waals surface area contributed by atoms with Crippen LogP contribution in [-0.4, -0.2) is 20.3 Å². The molecule has 110 valence electrons. The van der Waals surface area contributed by atoms with Gasteiger partial charge < -0.3 is 18.9 Å². The van der Waals surface area contributed by atoms with Gasteiger partial charge in [0.25, 0.3) is 0 Å². The summed E-state index contributed by atoms with van der Waals surface area (Å²) in [6.45, 7) is 3.29. The highest BCUT2D eigenvalue weighted by atomic mass is 16.7. The van der Waals surface area contributed by atoms with Crippen molar-refractivity contribution < 1.29 is 18.9 Å². The van der Waals surface area contributed by atoms with Gasteiger partial charge in [0.1, 0.15) is 11.5 Å². The van der Waals surface area contributed by atoms with Crippen LogP contribution in [0.4, 0.5) is 0 Å². The van der Waals surface area contributed by atoms with Crippen molar-refractivity contribution >= 4 is 0 Å². The van der Waals surface area contributed by atoms with Gasteiger partial charge in [0.2, 0.25) is 5.79 Å². The molecule has 1 aromatic rings. The highest BCUT2D eigenvalue weighted by Crippen LogP contribution is 2.51. The van der Waals surface area contributed by atoms with Crippen molar-refractivity contribution in [3.8, 4) is 5.75 Å². The van der Waals surface area contributed by atoms with Crippen molar-refractivity contribution in [1.29, 1.82) is 0 Å². The Kier molecular flexibility index (Phi) is 2.84. The molecule has 4 heteroatoms. The van der Waals surface area contributed by atoms with Crippen molar-refractivity contribution in [2.24, 2.45) is 5.92 Å². The molecule has 0 aromatic heterocycles. The number of benzene rings is 1. The lowest BCUT2D eigenvalue weighted by molar-refractivity contribution is -0.138. The zero-order chi connectivity index (χ0) is 14.4. The number of hydrogen-bond donors (Lipinski definition) is 0. The molecule has 1 fully saturated rings. The summed E-state index contributed by atoms with van der Waals surface area (Å²) in [6, 6.07) is 7.92. The maximum Gasteiger partial charge on any atom is 0.229 e. The van der Waals surface area contributed by atoms with Gasteiger partial charge in [-0.05, 0) is 18.2 Å². The van der Waals surface area contributed by atoms with Crippen molar-refractivity contribution in [3.63, 3.8) is 0 Å². The van der Waals surface area contributed by atoms with Gasteiger partial charge in [-0.15, -0.1) is 0 Å². The third kappa shape index (κ3) is 1.76. The second-order valence-electron chi connectivity index (χ2n) is 5.61. The minimum atomic E-state index is -0.845. The van der Waals surface area contributed by atoms with E-state index in [-0.39, 0.29) is 5.92 Å². The molecule has 0 N–H and O–H groups in total. The van der Waals surface area contributed by atoms with Crippen LogP contribution in [0.2, 0.25) is 0 Å². The smallest absolute Gasteiger partial charge is 0.229 e. The summed E-state index contributed by atoms with van der Waals surface area (Å²) in [5, 5.41) is 0. The average Bonchev–Trinajstić information content (AvgIpc) is 2.99. The molecule has 1 aromatic carbocycles. The quantitative estimate of drug-likeness (QED) is 0.795. The third-order valence-corrected chi connectivity index (χ3v) is 4.30. The Morgan fingerprint density at radius 2 is 1.95 bits per heavy atom. The standard InChI is InChI=1S/C17H18O4/c1-11-9-12(18-2)10-14-16(11)21-15-6-4-3-5-13(15)17(14)19-7-8-20-17/h3-6,10-11H,7-9H2,1-2H3. The summed E-state index contributed by atoms with van der Waals surface area (Å²) in [7, 11) is 1.70. The Bertz CT molecular complexity index is 638. The van der Waals surface area contributed by atoms with Crippen LogP contribution in [0.3, 0.4) is 0 Å². The molecule has 4 rings (SSSR count). The van der Waals surface area contributed by atoms with Gasteiger partial charge in [-0.2, -0.15) is 0 Å². The van der Waals surface area contributed by atoms with Crippen LogP contribution in [0.5, 0.6) is 5.75 Å². The summed E-state index contributed by atoms with van der Waals surface area (Å²) in [5.74, 6) is 2.07. The highest BCUT2D eigenvalue weighted by Gasteiger charge is 2.50. The SMILES string of the molecule is COC1=CC2=C(Oc3ccccc3C23OCCO3)C(C)C1. The largest absolute Gasteiger partial charge is 0.501 e. The lowest BCUT2D eigenvalue weighted by atomic mass is 9.84. The molecule has 0 amide bonds. The minimum absolute atomic E-state index is 0.234. The number of allylic oxidation sites excluding steroid dienone is 2. The van der Waals surface area contributed by atoms with Crippen LogP contribution >= 0.6 is 0 Å². The number of fused-ring (bicyclic) bond motifs is 3. The van der Waals surface area contributed by atoms with E-state index in [2.05, 4.69) is 6.92 Å². The van der Waals surface area contributed by atoms with Crippen LogP contribution < -0.4 is 4.74 Å². The number of para-hydroxylation sites is 1. The van der Waals surface area contributed by atoms with E-state index in [1.807, 2.05) is 30.3 Å². The van der Waals surface area contributed by atoms with Gasteiger partial charge in [-0.25, -0.2) is 0 Å². The van der Waals surface area contributed by atoms with Gasteiger partial charge in [-0.3, -0.25) is 0 Å². The molecule has 0 bridgehead atoms. The summed E-state index contributed by atoms with van der Waals surface area (Å²) >= 11 is 0. The van der Waals surface area contributed by atoms with Crippen LogP contribution in [0, 0.1) is 5.92 Å². The van der Waals surface area contributed by atoms with Gasteiger partial charge in [0.05, 0.1) is 37.2 Å². The fourth-order valence-corrected chi connectivity index (χ4v) is 3.32. The van der Waals surface area contributed by atoms with E-state index >= 15 is 0 Å². The Morgan fingerprint density at radius 1 is 1.19 bits per heavy atom. The van der Waals surface area contributed by atoms with Crippen LogP contribution in [0.1, 0.15) is 18.9 Å². The first-order chi connectivity index (χ1) is 10.2. The monoisotopic (exact) mass is 286 g/mol. The Morgan fingerprint density at radius 3 is 2.71 bits per heavy atom. The molecule has 1 saturated heterocycles. The molecule has 3 aliphatic rings. The fourth-order valence-electron chi connectivity index (χ4n) is 3.32.